The molecule has 3 rings (SSSR count). The average Bonchev–Trinajstić information content (AvgIpc) is 2.93. The molecule has 2 heteroatoms. The van der Waals surface area contributed by atoms with Gasteiger partial charge in [0.1, 0.15) is 0 Å². The van der Waals surface area contributed by atoms with Crippen LogP contribution in [0, 0.1) is 5.92 Å². The number of rotatable bonds is 1. The number of carbonyl (C=O) groups is 1. The second-order valence-electron chi connectivity index (χ2n) is 3.97. The van der Waals surface area contributed by atoms with Crippen LogP contribution < -0.4 is 0 Å². The molecule has 0 radical (unpaired) electrons. The van der Waals surface area contributed by atoms with Crippen molar-refractivity contribution in [1.82, 2.24) is 0 Å². The number of carboxylic acid groups (broad SMARTS) is 1. The van der Waals surface area contributed by atoms with Gasteiger partial charge >= 0.3 is 0 Å². The first-order valence-electron chi connectivity index (χ1n) is 5.38. The molecule has 2 nitrogen and oxygen atoms in total. The lowest BCUT2D eigenvalue weighted by atomic mass is 9.90. The van der Waals surface area contributed by atoms with Crippen LogP contribution in [0.15, 0.2) is 59.3 Å². The fraction of sp³-hybridized carbons (Fsp3) is 0.214. The van der Waals surface area contributed by atoms with E-state index >= 15 is 0 Å². The smallest absolute Gasteiger partial charge is 0.290 e. The van der Waals surface area contributed by atoms with E-state index in [0.717, 1.165) is 0 Å². The van der Waals surface area contributed by atoms with Gasteiger partial charge in [0.2, 0.25) is 0 Å². The molecule has 0 aromatic heterocycles. The van der Waals surface area contributed by atoms with Gasteiger partial charge in [0.05, 0.1) is 0 Å². The van der Waals surface area contributed by atoms with E-state index in [-0.39, 0.29) is 6.47 Å². The molecule has 0 heterocycles. The van der Waals surface area contributed by atoms with Crippen LogP contribution in [0.4, 0.5) is 0 Å². The lowest BCUT2D eigenvalue weighted by molar-refractivity contribution is -0.122. The van der Waals surface area contributed by atoms with Gasteiger partial charge in [0, 0.05) is 5.92 Å². The molecule has 0 saturated heterocycles. The van der Waals surface area contributed by atoms with E-state index in [0.29, 0.717) is 5.92 Å². The molecule has 3 aliphatic rings. The summed E-state index contributed by atoms with van der Waals surface area (Å²) in [5, 5.41) is 6.89. The van der Waals surface area contributed by atoms with E-state index in [1.165, 1.54) is 18.4 Å². The van der Waals surface area contributed by atoms with Gasteiger partial charge < -0.3 is 5.11 Å². The summed E-state index contributed by atoms with van der Waals surface area (Å²) in [7, 11) is 0. The summed E-state index contributed by atoms with van der Waals surface area (Å²) in [6.07, 6.45) is 18.1. The second-order valence-corrected chi connectivity index (χ2v) is 3.97. The fourth-order valence-corrected chi connectivity index (χ4v) is 2.29. The molecule has 82 valence electrons. The van der Waals surface area contributed by atoms with E-state index in [1.54, 1.807) is 11.1 Å². The van der Waals surface area contributed by atoms with E-state index < -0.39 is 0 Å². The maximum absolute atomic E-state index is 8.36. The second kappa shape index (κ2) is 4.79. The normalized spacial score (nSPS) is 24.2. The van der Waals surface area contributed by atoms with Gasteiger partial charge in [0.15, 0.2) is 0 Å². The molecule has 1 N–H and O–H groups in total. The monoisotopic (exact) mass is 214 g/mol. The molecule has 0 aromatic rings. The molecule has 2 bridgehead atoms. The third kappa shape index (κ3) is 2.06. The Labute approximate surface area is 95.0 Å². The van der Waals surface area contributed by atoms with Crippen LogP contribution in [-0.2, 0) is 4.79 Å². The summed E-state index contributed by atoms with van der Waals surface area (Å²) in [6, 6.07) is 0. The highest BCUT2D eigenvalue weighted by atomic mass is 16.3. The zero-order valence-corrected chi connectivity index (χ0v) is 8.97. The molecular formula is C14H14O2. The van der Waals surface area contributed by atoms with Crippen molar-refractivity contribution < 1.29 is 9.90 Å². The summed E-state index contributed by atoms with van der Waals surface area (Å²) in [4.78, 5) is 8.36. The van der Waals surface area contributed by atoms with Crippen LogP contribution in [-0.4, -0.2) is 11.6 Å². The maximum atomic E-state index is 8.36. The first kappa shape index (κ1) is 10.7. The zero-order valence-electron chi connectivity index (χ0n) is 8.97. The van der Waals surface area contributed by atoms with Crippen molar-refractivity contribution in [3.8, 4) is 0 Å². The predicted octanol–water partition coefficient (Wildman–Crippen LogP) is 3.02. The van der Waals surface area contributed by atoms with Crippen LogP contribution in [0.3, 0.4) is 0 Å². The van der Waals surface area contributed by atoms with Gasteiger partial charge in [-0.25, -0.2) is 0 Å². The van der Waals surface area contributed by atoms with Crippen LogP contribution >= 0.6 is 0 Å². The van der Waals surface area contributed by atoms with Crippen LogP contribution in [0.5, 0.6) is 0 Å². The molecule has 0 amide bonds. The van der Waals surface area contributed by atoms with Gasteiger partial charge in [-0.2, -0.15) is 0 Å². The molecule has 0 fully saturated rings. The maximum Gasteiger partial charge on any atom is 0.290 e. The lowest BCUT2D eigenvalue weighted by Crippen LogP contribution is -2.01. The van der Waals surface area contributed by atoms with Crippen LogP contribution in [0.25, 0.3) is 0 Å². The first-order valence-corrected chi connectivity index (χ1v) is 5.38. The van der Waals surface area contributed by atoms with Crippen LogP contribution in [0.2, 0.25) is 0 Å². The van der Waals surface area contributed by atoms with E-state index in [4.69, 9.17) is 9.90 Å². The lowest BCUT2D eigenvalue weighted by Gasteiger charge is -2.15. The van der Waals surface area contributed by atoms with Crippen molar-refractivity contribution >= 4 is 6.47 Å². The standard InChI is InChI=1S/C13H12.CH2O2/c1-2-4-11(5-3-1)13-9-10-6-7-12(13)8-10;2-1-3/h1-4,6-7,9,11H,5,8H2;1H,(H,2,3). The Morgan fingerprint density at radius 3 is 2.62 bits per heavy atom. The number of fused-ring (bicyclic) bond motifs is 2. The number of hydrogen-bond acceptors (Lipinski definition) is 1. The summed E-state index contributed by atoms with van der Waals surface area (Å²) in [5.74, 6) is 0.641. The zero-order chi connectivity index (χ0) is 11.4. The van der Waals surface area contributed by atoms with Crippen molar-refractivity contribution in [2.75, 3.05) is 0 Å². The molecule has 0 aromatic carbocycles. The Balaban J connectivity index is 0.000000292. The quantitative estimate of drug-likeness (QED) is 0.681. The van der Waals surface area contributed by atoms with Crippen molar-refractivity contribution in [3.05, 3.63) is 59.3 Å². The highest BCUT2D eigenvalue weighted by Crippen LogP contribution is 2.38. The average molecular weight is 214 g/mol. The largest absolute Gasteiger partial charge is 0.483 e. The Hall–Kier alpha value is -1.83. The molecule has 0 saturated carbocycles. The Morgan fingerprint density at radius 2 is 2.12 bits per heavy atom. The van der Waals surface area contributed by atoms with Gasteiger partial charge in [-0.05, 0) is 29.6 Å². The Kier molecular flexibility index (Phi) is 3.20. The topological polar surface area (TPSA) is 37.3 Å². The first-order chi connectivity index (χ1) is 7.85. The summed E-state index contributed by atoms with van der Waals surface area (Å²) in [6.45, 7) is -0.250. The molecule has 1 unspecified atom stereocenters. The van der Waals surface area contributed by atoms with Gasteiger partial charge in [0.25, 0.3) is 6.47 Å². The highest BCUT2D eigenvalue weighted by molar-refractivity contribution is 5.56. The van der Waals surface area contributed by atoms with E-state index in [9.17, 15) is 0 Å². The van der Waals surface area contributed by atoms with Crippen molar-refractivity contribution in [2.24, 2.45) is 5.92 Å². The van der Waals surface area contributed by atoms with Crippen molar-refractivity contribution in [2.45, 2.75) is 12.8 Å². The van der Waals surface area contributed by atoms with Gasteiger partial charge in [-0.1, -0.05) is 42.5 Å². The minimum Gasteiger partial charge on any atom is -0.483 e. The van der Waals surface area contributed by atoms with E-state index in [1.807, 2.05) is 0 Å². The Morgan fingerprint density at radius 1 is 1.31 bits per heavy atom. The molecule has 16 heavy (non-hydrogen) atoms. The SMILES string of the molecule is C1=CCC(C2=C3C=CC(=C2)C3)C=C1.O=CO. The molecule has 0 aliphatic heterocycles. The van der Waals surface area contributed by atoms with Gasteiger partial charge in [-0.15, -0.1) is 0 Å². The third-order valence-electron chi connectivity index (χ3n) is 2.98. The Bertz CT molecular complexity index is 434. The number of allylic oxidation sites excluding steroid dienone is 10. The fourth-order valence-electron chi connectivity index (χ4n) is 2.29. The molecule has 3 aliphatic carbocycles. The minimum absolute atomic E-state index is 0.250. The summed E-state index contributed by atoms with van der Waals surface area (Å²) >= 11 is 0. The van der Waals surface area contributed by atoms with Crippen molar-refractivity contribution in [3.63, 3.8) is 0 Å². The molecule has 0 spiro atoms. The summed E-state index contributed by atoms with van der Waals surface area (Å²) < 4.78 is 0. The minimum atomic E-state index is -0.250. The highest BCUT2D eigenvalue weighted by Gasteiger charge is 2.22. The predicted molar refractivity (Wildman–Crippen MR) is 63.9 cm³/mol. The van der Waals surface area contributed by atoms with Crippen molar-refractivity contribution in [1.29, 1.82) is 0 Å². The summed E-state index contributed by atoms with van der Waals surface area (Å²) in [5.41, 5.74) is 4.59. The van der Waals surface area contributed by atoms with E-state index in [2.05, 4.69) is 42.5 Å². The third-order valence-corrected chi connectivity index (χ3v) is 2.98. The van der Waals surface area contributed by atoms with Gasteiger partial charge in [-0.3, -0.25) is 4.79 Å². The molecule has 1 atom stereocenters. The number of hydrogen-bond donors (Lipinski definition) is 1. The van der Waals surface area contributed by atoms with Crippen LogP contribution in [0.1, 0.15) is 12.8 Å². The molecular weight excluding hydrogens is 200 g/mol.